The molecule has 1 amide bonds. The average Bonchev–Trinajstić information content (AvgIpc) is 3.89. The van der Waals surface area contributed by atoms with E-state index in [0.29, 0.717) is 10.7 Å². The van der Waals surface area contributed by atoms with Crippen LogP contribution in [0.1, 0.15) is 53.1 Å². The molecule has 6 aromatic rings. The highest BCUT2D eigenvalue weighted by Gasteiger charge is 2.67. The molecule has 0 bridgehead atoms. The van der Waals surface area contributed by atoms with Gasteiger partial charge in [-0.2, -0.15) is 18.2 Å². The zero-order chi connectivity index (χ0) is 43.8. The second-order valence-corrected chi connectivity index (χ2v) is 17.2. The third-order valence-corrected chi connectivity index (χ3v) is 13.2. The smallest absolute Gasteiger partial charge is 0.293 e. The molecule has 1 N–H and O–H groups in total. The number of fused-ring (bicyclic) bond motifs is 4. The predicted octanol–water partition coefficient (Wildman–Crippen LogP) is 7.07. The summed E-state index contributed by atoms with van der Waals surface area (Å²) in [6.45, 7) is -0.485. The zero-order valence-corrected chi connectivity index (χ0v) is 32.8. The number of amides is 1. The number of sulfonamides is 1. The van der Waals surface area contributed by atoms with E-state index in [0.717, 1.165) is 22.8 Å². The lowest BCUT2D eigenvalue weighted by molar-refractivity contribution is -0.123. The maximum atomic E-state index is 15.4. The standard InChI is InChI=1S/C42H32F8N6O5S/c43-23-14-21(15-24(44)18-23)16-33(51-34(57)20-55-38-35(37(53-55)39(47)48)29-19-30(29)42(38,49)50)40-52-32-17-22(27-2-1-3-31(45)36(27)46)4-9-28(32)41(58)56(40)25-5-7-26(8-6-25)62(59,60)54-10-12-61-13-11-54/h1-9,14-15,17-18,29-30,33,39H,10-13,16,19-20H2,(H,51,57)/t29-,30+,33?/m0/s1. The summed E-state index contributed by atoms with van der Waals surface area (Å²) in [7, 11) is -4.03. The van der Waals surface area contributed by atoms with E-state index in [4.69, 9.17) is 4.74 Å². The molecule has 322 valence electrons. The molecule has 1 saturated carbocycles. The highest BCUT2D eigenvalue weighted by Crippen LogP contribution is 2.68. The van der Waals surface area contributed by atoms with Gasteiger partial charge < -0.3 is 10.1 Å². The lowest BCUT2D eigenvalue weighted by Crippen LogP contribution is -2.40. The van der Waals surface area contributed by atoms with Gasteiger partial charge >= 0.3 is 0 Å². The summed E-state index contributed by atoms with van der Waals surface area (Å²) in [5.41, 5.74) is -3.16. The van der Waals surface area contributed by atoms with Crippen LogP contribution in [0.4, 0.5) is 35.1 Å². The van der Waals surface area contributed by atoms with Gasteiger partial charge in [-0.25, -0.2) is 39.7 Å². The first-order valence-electron chi connectivity index (χ1n) is 19.2. The monoisotopic (exact) mass is 884 g/mol. The number of alkyl halides is 4. The Morgan fingerprint density at radius 2 is 1.65 bits per heavy atom. The van der Waals surface area contributed by atoms with Crippen molar-refractivity contribution < 1.29 is 53.1 Å². The molecule has 2 fully saturated rings. The largest absolute Gasteiger partial charge is 0.379 e. The van der Waals surface area contributed by atoms with Crippen molar-refractivity contribution in [3.63, 3.8) is 0 Å². The summed E-state index contributed by atoms with van der Waals surface area (Å²) in [4.78, 5) is 33.2. The Bertz CT molecular complexity index is 2940. The van der Waals surface area contributed by atoms with Gasteiger partial charge in [0.15, 0.2) is 11.6 Å². The fourth-order valence-corrected chi connectivity index (χ4v) is 9.82. The van der Waals surface area contributed by atoms with Crippen LogP contribution in [0, 0.1) is 29.2 Å². The minimum atomic E-state index is -4.03. The fraction of sp³-hybridized carbons (Fsp3) is 0.286. The molecule has 62 heavy (non-hydrogen) atoms. The van der Waals surface area contributed by atoms with E-state index in [1.54, 1.807) is 0 Å². The van der Waals surface area contributed by atoms with Crippen LogP contribution in [0.15, 0.2) is 88.6 Å². The van der Waals surface area contributed by atoms with Gasteiger partial charge in [0.2, 0.25) is 15.9 Å². The summed E-state index contributed by atoms with van der Waals surface area (Å²) >= 11 is 0. The van der Waals surface area contributed by atoms with E-state index in [2.05, 4.69) is 15.4 Å². The van der Waals surface area contributed by atoms with E-state index in [9.17, 15) is 40.0 Å². The molecule has 0 spiro atoms. The van der Waals surface area contributed by atoms with Crippen LogP contribution in [0.5, 0.6) is 0 Å². The van der Waals surface area contributed by atoms with E-state index >= 15 is 13.2 Å². The van der Waals surface area contributed by atoms with Crippen LogP contribution < -0.4 is 10.9 Å². The minimum absolute atomic E-state index is 0.00408. The van der Waals surface area contributed by atoms with Crippen molar-refractivity contribution in [2.75, 3.05) is 26.3 Å². The van der Waals surface area contributed by atoms with Gasteiger partial charge in [0.05, 0.1) is 40.7 Å². The second kappa shape index (κ2) is 15.4. The number of nitrogens with one attached hydrogen (secondary N) is 1. The Morgan fingerprint density at radius 3 is 2.34 bits per heavy atom. The number of carbonyl (C=O) groups is 1. The first-order valence-corrected chi connectivity index (χ1v) is 20.7. The number of hydrogen-bond donors (Lipinski definition) is 1. The van der Waals surface area contributed by atoms with Crippen LogP contribution in [-0.4, -0.2) is 64.3 Å². The molecule has 1 unspecified atom stereocenters. The molecule has 1 aliphatic heterocycles. The summed E-state index contributed by atoms with van der Waals surface area (Å²) in [5.74, 6) is -11.5. The first kappa shape index (κ1) is 41.4. The number of rotatable bonds is 11. The molecule has 4 aromatic carbocycles. The Balaban J connectivity index is 1.19. The lowest BCUT2D eigenvalue weighted by Gasteiger charge is -2.26. The van der Waals surface area contributed by atoms with E-state index in [-0.39, 0.29) is 82.3 Å². The second-order valence-electron chi connectivity index (χ2n) is 15.2. The van der Waals surface area contributed by atoms with Crippen molar-refractivity contribution in [1.29, 1.82) is 0 Å². The van der Waals surface area contributed by atoms with Gasteiger partial charge in [0.25, 0.3) is 17.9 Å². The van der Waals surface area contributed by atoms with Gasteiger partial charge in [-0.1, -0.05) is 18.2 Å². The molecular weight excluding hydrogens is 853 g/mol. The van der Waals surface area contributed by atoms with Crippen LogP contribution >= 0.6 is 0 Å². The van der Waals surface area contributed by atoms with E-state index in [1.165, 1.54) is 58.9 Å². The van der Waals surface area contributed by atoms with Crippen LogP contribution in [0.25, 0.3) is 27.7 Å². The van der Waals surface area contributed by atoms with Crippen molar-refractivity contribution >= 4 is 26.8 Å². The topological polar surface area (TPSA) is 128 Å². The third kappa shape index (κ3) is 7.22. The normalized spacial score (nSPS) is 18.8. The number of halogens is 8. The lowest BCUT2D eigenvalue weighted by atomic mass is 10.0. The summed E-state index contributed by atoms with van der Waals surface area (Å²) in [5, 5.41) is 6.18. The molecule has 9 rings (SSSR count). The first-order chi connectivity index (χ1) is 29.5. The number of carbonyl (C=O) groups excluding carboxylic acids is 1. The fourth-order valence-electron chi connectivity index (χ4n) is 8.41. The third-order valence-electron chi connectivity index (χ3n) is 11.3. The molecule has 3 aliphatic rings. The molecule has 2 aliphatic carbocycles. The zero-order valence-electron chi connectivity index (χ0n) is 32.0. The summed E-state index contributed by atoms with van der Waals surface area (Å²) in [6, 6.07) is 13.3. The van der Waals surface area contributed by atoms with Gasteiger partial charge in [-0.15, -0.1) is 0 Å². The Labute approximate surface area is 346 Å². The Hall–Kier alpha value is -5.99. The molecule has 3 heterocycles. The summed E-state index contributed by atoms with van der Waals surface area (Å²) < 4.78 is 153. The van der Waals surface area contributed by atoms with Crippen molar-refractivity contribution in [1.82, 2.24) is 29.0 Å². The highest BCUT2D eigenvalue weighted by atomic mass is 32.2. The quantitative estimate of drug-likeness (QED) is 0.138. The Morgan fingerprint density at radius 1 is 0.935 bits per heavy atom. The molecule has 2 aromatic heterocycles. The van der Waals surface area contributed by atoms with Gasteiger partial charge in [0, 0.05) is 42.6 Å². The van der Waals surface area contributed by atoms with Crippen LogP contribution in [0.2, 0.25) is 0 Å². The maximum Gasteiger partial charge on any atom is 0.293 e. The number of hydrogen-bond acceptors (Lipinski definition) is 7. The molecular formula is C42H32F8N6O5S. The number of ether oxygens (including phenoxy) is 1. The van der Waals surface area contributed by atoms with E-state index in [1.807, 2.05) is 0 Å². The van der Waals surface area contributed by atoms with Crippen LogP contribution in [0.3, 0.4) is 0 Å². The number of aromatic nitrogens is 4. The Kier molecular flexibility index (Phi) is 10.3. The van der Waals surface area contributed by atoms with Crippen molar-refractivity contribution in [3.8, 4) is 16.8 Å². The van der Waals surface area contributed by atoms with Gasteiger partial charge in [0.1, 0.15) is 35.4 Å². The van der Waals surface area contributed by atoms with Gasteiger partial charge in [-0.3, -0.25) is 18.8 Å². The highest BCUT2D eigenvalue weighted by molar-refractivity contribution is 7.89. The molecule has 11 nitrogen and oxygen atoms in total. The predicted molar refractivity (Wildman–Crippen MR) is 205 cm³/mol. The average molecular weight is 885 g/mol. The molecule has 20 heteroatoms. The SMILES string of the molecule is O=C(Cn1nc(C(F)F)c2c1C(F)(F)[C@@H]1C[C@H]21)NC(Cc1cc(F)cc(F)c1)c1nc2cc(-c3cccc(F)c3F)ccc2c(=O)n1-c1ccc(S(=O)(=O)N2CCOCC2)cc1. The van der Waals surface area contributed by atoms with Crippen molar-refractivity contribution in [2.45, 2.75) is 48.6 Å². The molecule has 1 saturated heterocycles. The summed E-state index contributed by atoms with van der Waals surface area (Å²) in [6.07, 6.45) is -3.76. The minimum Gasteiger partial charge on any atom is -0.379 e. The number of benzene rings is 4. The van der Waals surface area contributed by atoms with Crippen LogP contribution in [-0.2, 0) is 38.4 Å². The van der Waals surface area contributed by atoms with Crippen molar-refractivity contribution in [2.24, 2.45) is 5.92 Å². The number of morpholine rings is 1. The van der Waals surface area contributed by atoms with Gasteiger partial charge in [-0.05, 0) is 78.1 Å². The van der Waals surface area contributed by atoms with E-state index < -0.39 is 99.3 Å². The van der Waals surface area contributed by atoms with Crippen molar-refractivity contribution in [3.05, 3.63) is 141 Å². The molecule has 0 radical (unpaired) electrons. The number of nitrogens with zero attached hydrogens (tertiary/aromatic N) is 5. The molecule has 3 atom stereocenters. The maximum absolute atomic E-state index is 15.4.